The highest BCUT2D eigenvalue weighted by Crippen LogP contribution is 2.25. The smallest absolute Gasteiger partial charge is 0.223 e. The lowest BCUT2D eigenvalue weighted by Crippen LogP contribution is -2.52. The molecule has 0 radical (unpaired) electrons. The first-order chi connectivity index (χ1) is 12.6. The molecule has 1 aliphatic rings. The van der Waals surface area contributed by atoms with E-state index >= 15 is 0 Å². The van der Waals surface area contributed by atoms with Crippen molar-refractivity contribution in [3.8, 4) is 0 Å². The summed E-state index contributed by atoms with van der Waals surface area (Å²) in [5, 5.41) is 8.03. The van der Waals surface area contributed by atoms with E-state index in [1.807, 2.05) is 12.1 Å². The van der Waals surface area contributed by atoms with Crippen molar-refractivity contribution >= 4 is 47.2 Å². The highest BCUT2D eigenvalue weighted by Gasteiger charge is 2.21. The molecule has 0 atom stereocenters. The fraction of sp³-hybridized carbons (Fsp3) is 0.500. The normalized spacial score (nSPS) is 14.9. The molecule has 27 heavy (non-hydrogen) atoms. The third-order valence-corrected chi connectivity index (χ3v) is 4.60. The molecule has 0 bridgehead atoms. The molecule has 2 aromatic rings. The number of hydrogen-bond acceptors (Lipinski definition) is 5. The van der Waals surface area contributed by atoms with Gasteiger partial charge in [-0.05, 0) is 31.5 Å². The Kier molecular flexibility index (Phi) is 8.15. The largest absolute Gasteiger partial charge is 0.368 e. The molecule has 2 heterocycles. The van der Waals surface area contributed by atoms with Crippen molar-refractivity contribution in [1.82, 2.24) is 20.4 Å². The van der Waals surface area contributed by atoms with Crippen LogP contribution in [0.3, 0.4) is 0 Å². The molecule has 7 nitrogen and oxygen atoms in total. The summed E-state index contributed by atoms with van der Waals surface area (Å²) in [7, 11) is 0. The highest BCUT2D eigenvalue weighted by molar-refractivity contribution is 14.0. The first-order valence-electron chi connectivity index (χ1n) is 8.90. The number of anilines is 1. The number of aromatic nitrogens is 2. The lowest BCUT2D eigenvalue weighted by molar-refractivity contribution is 0.371. The molecule has 1 aliphatic heterocycles. The topological polar surface area (TPSA) is 69.8 Å². The maximum Gasteiger partial charge on any atom is 0.223 e. The van der Waals surface area contributed by atoms with Gasteiger partial charge in [-0.2, -0.15) is 4.98 Å². The van der Waals surface area contributed by atoms with Crippen LogP contribution in [0.4, 0.5) is 5.69 Å². The summed E-state index contributed by atoms with van der Waals surface area (Å²) in [6.45, 7) is 10.8. The molecule has 1 saturated heterocycles. The Morgan fingerprint density at radius 3 is 2.63 bits per heavy atom. The summed E-state index contributed by atoms with van der Waals surface area (Å²) in [4.78, 5) is 13.5. The highest BCUT2D eigenvalue weighted by atomic mass is 127. The van der Waals surface area contributed by atoms with E-state index < -0.39 is 0 Å². The molecule has 0 amide bonds. The van der Waals surface area contributed by atoms with Crippen molar-refractivity contribution in [2.75, 3.05) is 37.6 Å². The predicted octanol–water partition coefficient (Wildman–Crippen LogP) is 3.25. The minimum absolute atomic E-state index is 0. The van der Waals surface area contributed by atoms with Crippen LogP contribution in [0, 0.1) is 13.8 Å². The molecule has 0 aliphatic carbocycles. The average Bonchev–Trinajstić information content (AvgIpc) is 3.06. The summed E-state index contributed by atoms with van der Waals surface area (Å²) >= 11 is 6.17. The lowest BCUT2D eigenvalue weighted by atomic mass is 10.1. The number of guanidine groups is 1. The van der Waals surface area contributed by atoms with Crippen LogP contribution in [-0.2, 0) is 6.54 Å². The second kappa shape index (κ2) is 10.1. The van der Waals surface area contributed by atoms with E-state index in [1.165, 1.54) is 11.3 Å². The Bertz CT molecular complexity index is 773. The van der Waals surface area contributed by atoms with Gasteiger partial charge in [0, 0.05) is 50.4 Å². The minimum Gasteiger partial charge on any atom is -0.368 e. The zero-order valence-corrected chi connectivity index (χ0v) is 19.0. The van der Waals surface area contributed by atoms with Crippen molar-refractivity contribution in [2.45, 2.75) is 27.3 Å². The minimum atomic E-state index is 0. The molecular formula is C18H26ClIN6O. The Morgan fingerprint density at radius 1 is 1.26 bits per heavy atom. The second-order valence-electron chi connectivity index (χ2n) is 6.30. The van der Waals surface area contributed by atoms with Crippen LogP contribution in [0.5, 0.6) is 0 Å². The van der Waals surface area contributed by atoms with E-state index in [0.717, 1.165) is 43.7 Å². The van der Waals surface area contributed by atoms with E-state index in [9.17, 15) is 0 Å². The van der Waals surface area contributed by atoms with E-state index in [-0.39, 0.29) is 24.0 Å². The molecule has 9 heteroatoms. The van der Waals surface area contributed by atoms with Crippen molar-refractivity contribution < 1.29 is 4.52 Å². The van der Waals surface area contributed by atoms with Gasteiger partial charge in [-0.3, -0.25) is 0 Å². The van der Waals surface area contributed by atoms with Crippen molar-refractivity contribution in [2.24, 2.45) is 4.99 Å². The van der Waals surface area contributed by atoms with E-state index in [1.54, 1.807) is 6.92 Å². The second-order valence-corrected chi connectivity index (χ2v) is 6.74. The summed E-state index contributed by atoms with van der Waals surface area (Å²) < 4.78 is 5.00. The van der Waals surface area contributed by atoms with Gasteiger partial charge in [-0.15, -0.1) is 24.0 Å². The Balaban J connectivity index is 0.00000261. The molecule has 0 unspecified atom stereocenters. The van der Waals surface area contributed by atoms with E-state index in [2.05, 4.69) is 50.2 Å². The summed E-state index contributed by atoms with van der Waals surface area (Å²) in [5.41, 5.74) is 2.46. The average molecular weight is 505 g/mol. The molecule has 1 aromatic heterocycles. The van der Waals surface area contributed by atoms with E-state index in [4.69, 9.17) is 16.1 Å². The third kappa shape index (κ3) is 5.71. The van der Waals surface area contributed by atoms with Gasteiger partial charge in [0.25, 0.3) is 0 Å². The van der Waals surface area contributed by atoms with Crippen LogP contribution in [-0.4, -0.2) is 53.7 Å². The number of aliphatic imine (C=N–C) groups is 1. The number of piperazine rings is 1. The maximum atomic E-state index is 6.17. The van der Waals surface area contributed by atoms with Gasteiger partial charge >= 0.3 is 0 Å². The van der Waals surface area contributed by atoms with Crippen molar-refractivity contribution in [3.63, 3.8) is 0 Å². The number of nitrogens with zero attached hydrogens (tertiary/aromatic N) is 5. The van der Waals surface area contributed by atoms with Gasteiger partial charge < -0.3 is 19.6 Å². The van der Waals surface area contributed by atoms with Crippen LogP contribution in [0.1, 0.15) is 24.2 Å². The summed E-state index contributed by atoms with van der Waals surface area (Å²) in [6.07, 6.45) is 0. The Morgan fingerprint density at radius 2 is 2.00 bits per heavy atom. The third-order valence-electron chi connectivity index (χ3n) is 4.37. The SMILES string of the molecule is CCNC(=NCc1noc(C)n1)N1CCN(c2cc(Cl)ccc2C)CC1.I. The first-order valence-corrected chi connectivity index (χ1v) is 9.28. The zero-order chi connectivity index (χ0) is 18.5. The van der Waals surface area contributed by atoms with Gasteiger partial charge in [-0.25, -0.2) is 4.99 Å². The standard InChI is InChI=1S/C18H25ClN6O.HI/c1-4-20-18(21-12-17-22-14(3)26-23-17)25-9-7-24(8-10-25)16-11-15(19)6-5-13(16)2;/h5-6,11H,4,7-10,12H2,1-3H3,(H,20,21);1H. The predicted molar refractivity (Wildman–Crippen MR) is 119 cm³/mol. The van der Waals surface area contributed by atoms with Crippen LogP contribution in [0.25, 0.3) is 0 Å². The number of rotatable bonds is 4. The van der Waals surface area contributed by atoms with Crippen LogP contribution < -0.4 is 10.2 Å². The quantitative estimate of drug-likeness (QED) is 0.392. The fourth-order valence-electron chi connectivity index (χ4n) is 3.06. The van der Waals surface area contributed by atoms with Gasteiger partial charge in [0.05, 0.1) is 0 Å². The molecule has 1 fully saturated rings. The summed E-state index contributed by atoms with van der Waals surface area (Å²) in [6, 6.07) is 6.05. The fourth-order valence-corrected chi connectivity index (χ4v) is 3.23. The van der Waals surface area contributed by atoms with Crippen LogP contribution in [0.2, 0.25) is 5.02 Å². The monoisotopic (exact) mass is 504 g/mol. The van der Waals surface area contributed by atoms with Gasteiger partial charge in [0.2, 0.25) is 5.89 Å². The number of aryl methyl sites for hydroxylation is 2. The van der Waals surface area contributed by atoms with Gasteiger partial charge in [0.1, 0.15) is 6.54 Å². The van der Waals surface area contributed by atoms with Gasteiger partial charge in [-0.1, -0.05) is 22.8 Å². The lowest BCUT2D eigenvalue weighted by Gasteiger charge is -2.38. The molecule has 0 spiro atoms. The molecule has 1 aromatic carbocycles. The number of halogens is 2. The number of nitrogens with one attached hydrogen (secondary N) is 1. The molecule has 0 saturated carbocycles. The van der Waals surface area contributed by atoms with Crippen LogP contribution in [0.15, 0.2) is 27.7 Å². The van der Waals surface area contributed by atoms with Gasteiger partial charge in [0.15, 0.2) is 11.8 Å². The molecule has 148 valence electrons. The molecule has 3 rings (SSSR count). The Hall–Kier alpha value is -1.55. The maximum absolute atomic E-state index is 6.17. The zero-order valence-electron chi connectivity index (χ0n) is 15.9. The molecular weight excluding hydrogens is 479 g/mol. The molecule has 1 N–H and O–H groups in total. The Labute approximate surface area is 182 Å². The van der Waals surface area contributed by atoms with Crippen molar-refractivity contribution in [3.05, 3.63) is 40.5 Å². The van der Waals surface area contributed by atoms with E-state index in [0.29, 0.717) is 18.3 Å². The number of benzene rings is 1. The van der Waals surface area contributed by atoms with Crippen molar-refractivity contribution in [1.29, 1.82) is 0 Å². The summed E-state index contributed by atoms with van der Waals surface area (Å²) in [5.74, 6) is 2.05. The first kappa shape index (κ1) is 21.7. The van der Waals surface area contributed by atoms with Crippen LogP contribution >= 0.6 is 35.6 Å². The number of hydrogen-bond donors (Lipinski definition) is 1.